The van der Waals surface area contributed by atoms with Crippen LogP contribution in [0.15, 0.2) is 6.20 Å². The number of nitrogens with zero attached hydrogens (tertiary/aromatic N) is 2. The van der Waals surface area contributed by atoms with Crippen molar-refractivity contribution in [3.63, 3.8) is 0 Å². The molecule has 0 aliphatic rings. The third-order valence-corrected chi connectivity index (χ3v) is 1.92. The molecule has 0 aliphatic heterocycles. The van der Waals surface area contributed by atoms with Gasteiger partial charge >= 0.3 is 0 Å². The maximum Gasteiger partial charge on any atom is 0.280 e. The van der Waals surface area contributed by atoms with Gasteiger partial charge in [-0.05, 0) is 12.5 Å². The van der Waals surface area contributed by atoms with Gasteiger partial charge in [0.05, 0.1) is 12.5 Å². The number of alkyl halides is 2. The number of pyridine rings is 1. The molecule has 0 aromatic carbocycles. The average molecular weight is 197 g/mol. The van der Waals surface area contributed by atoms with E-state index in [9.17, 15) is 8.78 Å². The molecule has 1 aromatic heterocycles. The fourth-order valence-electron chi connectivity index (χ4n) is 1.14. The molecule has 1 rings (SSSR count). The number of hydrogen-bond donors (Lipinski definition) is 1. The Kier molecular flexibility index (Phi) is 2.97. The first-order valence-corrected chi connectivity index (χ1v) is 3.96. The van der Waals surface area contributed by atoms with Crippen molar-refractivity contribution in [2.75, 3.05) is 5.73 Å². The molecule has 0 aliphatic carbocycles. The first-order chi connectivity index (χ1) is 6.57. The van der Waals surface area contributed by atoms with Crippen LogP contribution in [-0.2, 0) is 6.42 Å². The van der Waals surface area contributed by atoms with E-state index in [-0.39, 0.29) is 17.7 Å². The Hall–Kier alpha value is -1.70. The monoisotopic (exact) mass is 197 g/mol. The number of halogens is 2. The van der Waals surface area contributed by atoms with E-state index in [4.69, 9.17) is 11.0 Å². The van der Waals surface area contributed by atoms with E-state index in [2.05, 4.69) is 4.98 Å². The molecule has 1 aromatic rings. The first kappa shape index (κ1) is 10.4. The lowest BCUT2D eigenvalue weighted by molar-refractivity contribution is 0.145. The van der Waals surface area contributed by atoms with Crippen molar-refractivity contribution >= 4 is 5.69 Å². The molecule has 14 heavy (non-hydrogen) atoms. The Morgan fingerprint density at radius 2 is 2.29 bits per heavy atom. The van der Waals surface area contributed by atoms with Gasteiger partial charge < -0.3 is 5.73 Å². The van der Waals surface area contributed by atoms with E-state index in [1.54, 1.807) is 13.0 Å². The van der Waals surface area contributed by atoms with Crippen LogP contribution in [0.4, 0.5) is 14.5 Å². The standard InChI is InChI=1S/C9H9F2N3/c1-5-4-14-8(9(10)11)6(2-3-12)7(5)13/h4,9H,2H2,1H3,(H2,13,14). The fourth-order valence-corrected chi connectivity index (χ4v) is 1.14. The summed E-state index contributed by atoms with van der Waals surface area (Å²) >= 11 is 0. The molecule has 0 amide bonds. The summed E-state index contributed by atoms with van der Waals surface area (Å²) in [6, 6.07) is 1.79. The first-order valence-electron chi connectivity index (χ1n) is 3.96. The molecule has 2 N–H and O–H groups in total. The van der Waals surface area contributed by atoms with Crippen molar-refractivity contribution in [2.24, 2.45) is 0 Å². The minimum atomic E-state index is -2.69. The molecule has 5 heteroatoms. The van der Waals surface area contributed by atoms with Crippen molar-refractivity contribution in [1.82, 2.24) is 4.98 Å². The van der Waals surface area contributed by atoms with Gasteiger partial charge in [-0.2, -0.15) is 5.26 Å². The number of nitriles is 1. The van der Waals surface area contributed by atoms with Crippen LogP contribution in [0.1, 0.15) is 23.2 Å². The van der Waals surface area contributed by atoms with E-state index < -0.39 is 12.1 Å². The SMILES string of the molecule is Cc1cnc(C(F)F)c(CC#N)c1N. The zero-order valence-electron chi connectivity index (χ0n) is 7.59. The van der Waals surface area contributed by atoms with E-state index in [1.807, 2.05) is 0 Å². The molecule has 0 saturated carbocycles. The van der Waals surface area contributed by atoms with Gasteiger partial charge in [-0.15, -0.1) is 0 Å². The van der Waals surface area contributed by atoms with Crippen LogP contribution in [0.5, 0.6) is 0 Å². The number of anilines is 1. The quantitative estimate of drug-likeness (QED) is 0.788. The van der Waals surface area contributed by atoms with Gasteiger partial charge in [-0.3, -0.25) is 4.98 Å². The molecular formula is C9H9F2N3. The topological polar surface area (TPSA) is 62.7 Å². The predicted octanol–water partition coefficient (Wildman–Crippen LogP) is 1.98. The van der Waals surface area contributed by atoms with Crippen molar-refractivity contribution in [2.45, 2.75) is 19.8 Å². The molecule has 0 unspecified atom stereocenters. The number of aromatic nitrogens is 1. The molecule has 0 spiro atoms. The predicted molar refractivity (Wildman–Crippen MR) is 47.7 cm³/mol. The molecule has 0 bridgehead atoms. The van der Waals surface area contributed by atoms with Crippen molar-refractivity contribution < 1.29 is 8.78 Å². The van der Waals surface area contributed by atoms with Gasteiger partial charge in [0.25, 0.3) is 6.43 Å². The van der Waals surface area contributed by atoms with Crippen molar-refractivity contribution in [1.29, 1.82) is 5.26 Å². The second-order valence-corrected chi connectivity index (χ2v) is 2.85. The third kappa shape index (κ3) is 1.79. The number of rotatable bonds is 2. The van der Waals surface area contributed by atoms with Crippen LogP contribution in [0, 0.1) is 18.3 Å². The highest BCUT2D eigenvalue weighted by Gasteiger charge is 2.17. The third-order valence-electron chi connectivity index (χ3n) is 1.92. The molecule has 74 valence electrons. The molecular weight excluding hydrogens is 188 g/mol. The fraction of sp³-hybridized carbons (Fsp3) is 0.333. The van der Waals surface area contributed by atoms with Gasteiger partial charge in [-0.1, -0.05) is 0 Å². The minimum absolute atomic E-state index is 0.139. The number of nitrogen functional groups attached to an aromatic ring is 1. The number of nitrogens with two attached hydrogens (primary N) is 1. The maximum atomic E-state index is 12.4. The Morgan fingerprint density at radius 1 is 1.64 bits per heavy atom. The lowest BCUT2D eigenvalue weighted by Gasteiger charge is -2.09. The maximum absolute atomic E-state index is 12.4. The molecule has 0 radical (unpaired) electrons. The van der Waals surface area contributed by atoms with Crippen molar-refractivity contribution in [3.8, 4) is 6.07 Å². The Balaban J connectivity index is 3.31. The molecule has 1 heterocycles. The summed E-state index contributed by atoms with van der Waals surface area (Å²) in [6.07, 6.45) is -1.54. The van der Waals surface area contributed by atoms with Crippen LogP contribution in [0.2, 0.25) is 0 Å². The summed E-state index contributed by atoms with van der Waals surface area (Å²) in [6.45, 7) is 1.67. The van der Waals surface area contributed by atoms with Crippen LogP contribution in [0.25, 0.3) is 0 Å². The van der Waals surface area contributed by atoms with Gasteiger partial charge in [0.15, 0.2) is 0 Å². The molecule has 0 fully saturated rings. The normalized spacial score (nSPS) is 10.2. The van der Waals surface area contributed by atoms with E-state index in [0.717, 1.165) is 0 Å². The summed E-state index contributed by atoms with van der Waals surface area (Å²) in [4.78, 5) is 3.58. The van der Waals surface area contributed by atoms with Gasteiger partial charge in [0.2, 0.25) is 0 Å². The molecule has 3 nitrogen and oxygen atoms in total. The van der Waals surface area contributed by atoms with Crippen LogP contribution >= 0.6 is 0 Å². The molecule has 0 saturated heterocycles. The minimum Gasteiger partial charge on any atom is -0.398 e. The second kappa shape index (κ2) is 4.01. The number of aryl methyl sites for hydroxylation is 1. The Morgan fingerprint density at radius 3 is 2.79 bits per heavy atom. The smallest absolute Gasteiger partial charge is 0.280 e. The highest BCUT2D eigenvalue weighted by molar-refractivity contribution is 5.55. The zero-order chi connectivity index (χ0) is 10.7. The van der Waals surface area contributed by atoms with Crippen LogP contribution in [0.3, 0.4) is 0 Å². The zero-order valence-corrected chi connectivity index (χ0v) is 7.59. The highest BCUT2D eigenvalue weighted by Crippen LogP contribution is 2.27. The van der Waals surface area contributed by atoms with E-state index >= 15 is 0 Å². The summed E-state index contributed by atoms with van der Waals surface area (Å²) < 4.78 is 24.9. The number of hydrogen-bond acceptors (Lipinski definition) is 3. The average Bonchev–Trinajstić information content (AvgIpc) is 2.13. The second-order valence-electron chi connectivity index (χ2n) is 2.85. The lowest BCUT2D eigenvalue weighted by Crippen LogP contribution is -2.05. The summed E-state index contributed by atoms with van der Waals surface area (Å²) in [5.74, 6) is 0. The Labute approximate surface area is 80.2 Å². The summed E-state index contributed by atoms with van der Waals surface area (Å²) in [5.41, 5.74) is 6.17. The van der Waals surface area contributed by atoms with Gasteiger partial charge in [0.1, 0.15) is 5.69 Å². The van der Waals surface area contributed by atoms with Crippen LogP contribution in [-0.4, -0.2) is 4.98 Å². The lowest BCUT2D eigenvalue weighted by atomic mass is 10.1. The van der Waals surface area contributed by atoms with Gasteiger partial charge in [0, 0.05) is 17.4 Å². The Bertz CT molecular complexity index is 382. The molecule has 0 atom stereocenters. The van der Waals surface area contributed by atoms with Gasteiger partial charge in [-0.25, -0.2) is 8.78 Å². The highest BCUT2D eigenvalue weighted by atomic mass is 19.3. The van der Waals surface area contributed by atoms with E-state index in [0.29, 0.717) is 5.56 Å². The summed E-state index contributed by atoms with van der Waals surface area (Å²) in [7, 11) is 0. The largest absolute Gasteiger partial charge is 0.398 e. The van der Waals surface area contributed by atoms with Crippen molar-refractivity contribution in [3.05, 3.63) is 23.0 Å². The summed E-state index contributed by atoms with van der Waals surface area (Å²) in [5, 5.41) is 8.46. The van der Waals surface area contributed by atoms with E-state index in [1.165, 1.54) is 6.20 Å². The van der Waals surface area contributed by atoms with Crippen LogP contribution < -0.4 is 5.73 Å².